The summed E-state index contributed by atoms with van der Waals surface area (Å²) in [6.45, 7) is 5.51. The Morgan fingerprint density at radius 2 is 2.35 bits per heavy atom. The fourth-order valence-electron chi connectivity index (χ4n) is 2.05. The van der Waals surface area contributed by atoms with Gasteiger partial charge < -0.3 is 20.5 Å². The zero-order chi connectivity index (χ0) is 14.9. The van der Waals surface area contributed by atoms with Crippen molar-refractivity contribution in [3.63, 3.8) is 0 Å². The first-order valence-corrected chi connectivity index (χ1v) is 6.11. The maximum Gasteiger partial charge on any atom is 0.280 e. The number of aromatic amines is 1. The fraction of sp³-hybridized carbons (Fsp3) is 0.417. The lowest BCUT2D eigenvalue weighted by Crippen LogP contribution is -2.24. The van der Waals surface area contributed by atoms with Crippen LogP contribution in [-0.4, -0.2) is 42.4 Å². The Hall–Kier alpha value is -2.19. The predicted octanol–water partition coefficient (Wildman–Crippen LogP) is -0.753. The molecule has 0 saturated carbocycles. The van der Waals surface area contributed by atoms with Crippen LogP contribution in [0.15, 0.2) is 23.3 Å². The average Bonchev–Trinajstić information content (AvgIpc) is 2.73. The molecule has 0 amide bonds. The molecule has 0 saturated heterocycles. The molecule has 0 aliphatic rings. The minimum Gasteiger partial charge on any atom is -0.396 e. The van der Waals surface area contributed by atoms with Crippen LogP contribution in [0.2, 0.25) is 0 Å². The van der Waals surface area contributed by atoms with Crippen LogP contribution in [0, 0.1) is 5.92 Å². The van der Waals surface area contributed by atoms with Gasteiger partial charge in [0.25, 0.3) is 5.56 Å². The first-order chi connectivity index (χ1) is 9.43. The van der Waals surface area contributed by atoms with Crippen molar-refractivity contribution in [2.24, 2.45) is 5.92 Å². The molecule has 2 unspecified atom stereocenters. The maximum absolute atomic E-state index is 11.6. The van der Waals surface area contributed by atoms with Crippen LogP contribution in [0.25, 0.3) is 11.2 Å². The molecule has 5 N–H and O–H groups in total. The van der Waals surface area contributed by atoms with Crippen LogP contribution in [0.4, 0.5) is 5.95 Å². The molecule has 0 radical (unpaired) electrons. The number of nitrogens with zero attached hydrogens (tertiary/aromatic N) is 3. The van der Waals surface area contributed by atoms with Gasteiger partial charge in [-0.15, -0.1) is 0 Å². The number of nitrogen functional groups attached to an aromatic ring is 1. The lowest BCUT2D eigenvalue weighted by molar-refractivity contribution is 0.0981. The van der Waals surface area contributed by atoms with E-state index in [0.717, 1.165) is 0 Å². The molecule has 0 aliphatic carbocycles. The van der Waals surface area contributed by atoms with Crippen molar-refractivity contribution >= 4 is 17.1 Å². The van der Waals surface area contributed by atoms with Crippen molar-refractivity contribution in [3.05, 3.63) is 28.8 Å². The third kappa shape index (κ3) is 2.56. The summed E-state index contributed by atoms with van der Waals surface area (Å²) < 4.78 is 1.61. The zero-order valence-corrected chi connectivity index (χ0v) is 11.1. The average molecular weight is 279 g/mol. The highest BCUT2D eigenvalue weighted by Gasteiger charge is 2.19. The van der Waals surface area contributed by atoms with Gasteiger partial charge in [0.05, 0.1) is 19.0 Å². The lowest BCUT2D eigenvalue weighted by Gasteiger charge is -2.20. The lowest BCUT2D eigenvalue weighted by atomic mass is 9.96. The van der Waals surface area contributed by atoms with E-state index in [1.165, 1.54) is 6.33 Å². The van der Waals surface area contributed by atoms with Crippen molar-refractivity contribution in [1.29, 1.82) is 0 Å². The fourth-order valence-corrected chi connectivity index (χ4v) is 2.05. The van der Waals surface area contributed by atoms with Crippen molar-refractivity contribution in [2.45, 2.75) is 19.6 Å². The normalized spacial score (nSPS) is 14.3. The molecule has 2 aromatic rings. The number of fused-ring (bicyclic) bond motifs is 1. The zero-order valence-electron chi connectivity index (χ0n) is 11.1. The number of hydrogen-bond acceptors (Lipinski definition) is 6. The molecular formula is C12H17N5O3. The van der Waals surface area contributed by atoms with Gasteiger partial charge >= 0.3 is 0 Å². The van der Waals surface area contributed by atoms with E-state index in [2.05, 4.69) is 21.5 Å². The molecular weight excluding hydrogens is 262 g/mol. The second-order valence-electron chi connectivity index (χ2n) is 4.68. The molecule has 2 rings (SSSR count). The van der Waals surface area contributed by atoms with E-state index in [1.54, 1.807) is 11.5 Å². The summed E-state index contributed by atoms with van der Waals surface area (Å²) in [7, 11) is 0. The molecule has 20 heavy (non-hydrogen) atoms. The Bertz CT molecular complexity index is 688. The Balaban J connectivity index is 2.35. The Labute approximate surface area is 114 Å². The van der Waals surface area contributed by atoms with E-state index in [0.29, 0.717) is 11.2 Å². The highest BCUT2D eigenvalue weighted by molar-refractivity contribution is 5.70. The quantitative estimate of drug-likeness (QED) is 0.533. The van der Waals surface area contributed by atoms with Gasteiger partial charge in [0.15, 0.2) is 11.2 Å². The van der Waals surface area contributed by atoms with Crippen LogP contribution < -0.4 is 11.3 Å². The van der Waals surface area contributed by atoms with Gasteiger partial charge in [-0.3, -0.25) is 9.78 Å². The molecule has 2 aromatic heterocycles. The minimum absolute atomic E-state index is 0.00379. The van der Waals surface area contributed by atoms with Crippen molar-refractivity contribution in [2.75, 3.05) is 12.3 Å². The topological polar surface area (TPSA) is 130 Å². The molecule has 108 valence electrons. The highest BCUT2D eigenvalue weighted by atomic mass is 16.3. The van der Waals surface area contributed by atoms with Gasteiger partial charge in [-0.1, -0.05) is 6.58 Å². The van der Waals surface area contributed by atoms with Crippen molar-refractivity contribution in [1.82, 2.24) is 19.5 Å². The van der Waals surface area contributed by atoms with E-state index >= 15 is 0 Å². The summed E-state index contributed by atoms with van der Waals surface area (Å²) in [6.07, 6.45) is 0.734. The number of aliphatic hydroxyl groups is 2. The van der Waals surface area contributed by atoms with Gasteiger partial charge in [-0.05, 0) is 12.5 Å². The summed E-state index contributed by atoms with van der Waals surface area (Å²) in [5.41, 5.74) is 6.24. The number of aliphatic hydroxyl groups excluding tert-OH is 2. The van der Waals surface area contributed by atoms with Crippen LogP contribution in [0.3, 0.4) is 0 Å². The van der Waals surface area contributed by atoms with E-state index < -0.39 is 17.6 Å². The van der Waals surface area contributed by atoms with E-state index in [-0.39, 0.29) is 24.6 Å². The van der Waals surface area contributed by atoms with Gasteiger partial charge in [0.1, 0.15) is 0 Å². The Kier molecular flexibility index (Phi) is 3.86. The van der Waals surface area contributed by atoms with Crippen LogP contribution in [0.1, 0.15) is 6.92 Å². The van der Waals surface area contributed by atoms with Gasteiger partial charge in [0, 0.05) is 12.5 Å². The molecule has 2 atom stereocenters. The third-order valence-electron chi connectivity index (χ3n) is 3.17. The largest absolute Gasteiger partial charge is 0.396 e. The minimum atomic E-state index is -0.719. The number of nitrogens with two attached hydrogens (primary N) is 1. The van der Waals surface area contributed by atoms with E-state index in [1.807, 2.05) is 0 Å². The second-order valence-corrected chi connectivity index (χ2v) is 4.68. The van der Waals surface area contributed by atoms with Gasteiger partial charge in [-0.2, -0.15) is 4.98 Å². The Morgan fingerprint density at radius 3 is 2.95 bits per heavy atom. The Morgan fingerprint density at radius 1 is 1.65 bits per heavy atom. The number of H-pyrrole nitrogens is 1. The van der Waals surface area contributed by atoms with Gasteiger partial charge in [-0.25, -0.2) is 4.98 Å². The number of imidazole rings is 1. The standard InChI is InChI=1S/C12H17N5O3/c1-6(8(4-18)7(2)19)3-17-5-14-9-10(17)15-12(13)16-11(9)20/h5,7-8,18-19H,1,3-4H2,2H3,(H3,13,15,16,20). The molecule has 8 nitrogen and oxygen atoms in total. The number of nitrogens with one attached hydrogen (secondary N) is 1. The maximum atomic E-state index is 11.6. The molecule has 0 aromatic carbocycles. The van der Waals surface area contributed by atoms with E-state index in [9.17, 15) is 15.0 Å². The smallest absolute Gasteiger partial charge is 0.280 e. The first-order valence-electron chi connectivity index (χ1n) is 6.11. The van der Waals surface area contributed by atoms with Crippen LogP contribution in [-0.2, 0) is 6.54 Å². The summed E-state index contributed by atoms with van der Waals surface area (Å²) in [6, 6.07) is 0. The molecule has 0 aliphatic heterocycles. The van der Waals surface area contributed by atoms with Crippen LogP contribution in [0.5, 0.6) is 0 Å². The molecule has 2 heterocycles. The highest BCUT2D eigenvalue weighted by Crippen LogP contribution is 2.17. The SMILES string of the molecule is C=C(Cn1cnc2c(=O)[nH]c(N)nc21)C(CO)C(C)O. The summed E-state index contributed by atoms with van der Waals surface area (Å²) in [4.78, 5) is 22.0. The summed E-state index contributed by atoms with van der Waals surface area (Å²) >= 11 is 0. The monoisotopic (exact) mass is 279 g/mol. The summed E-state index contributed by atoms with van der Waals surface area (Å²) in [5.74, 6) is -0.448. The number of anilines is 1. The molecule has 0 fully saturated rings. The number of rotatable bonds is 5. The van der Waals surface area contributed by atoms with Crippen molar-refractivity contribution in [3.8, 4) is 0 Å². The van der Waals surface area contributed by atoms with E-state index in [4.69, 9.17) is 5.73 Å². The molecule has 0 bridgehead atoms. The number of hydrogen-bond donors (Lipinski definition) is 4. The second kappa shape index (κ2) is 5.43. The number of aromatic nitrogens is 4. The third-order valence-corrected chi connectivity index (χ3v) is 3.17. The molecule has 0 spiro atoms. The first kappa shape index (κ1) is 14.2. The van der Waals surface area contributed by atoms with Gasteiger partial charge in [0.2, 0.25) is 5.95 Å². The summed E-state index contributed by atoms with van der Waals surface area (Å²) in [5, 5.41) is 18.8. The van der Waals surface area contributed by atoms with Crippen molar-refractivity contribution < 1.29 is 10.2 Å². The predicted molar refractivity (Wildman–Crippen MR) is 74.0 cm³/mol. The van der Waals surface area contributed by atoms with Crippen LogP contribution >= 0.6 is 0 Å². The molecule has 8 heteroatoms.